The van der Waals surface area contributed by atoms with E-state index in [1.807, 2.05) is 36.4 Å². The van der Waals surface area contributed by atoms with Gasteiger partial charge in [-0.25, -0.2) is 4.98 Å². The molecule has 0 aliphatic carbocycles. The monoisotopic (exact) mass is 383 g/mol. The highest BCUT2D eigenvalue weighted by molar-refractivity contribution is 6.30. The van der Waals surface area contributed by atoms with E-state index in [-0.39, 0.29) is 6.04 Å². The van der Waals surface area contributed by atoms with Crippen molar-refractivity contribution in [3.63, 3.8) is 0 Å². The average molecular weight is 384 g/mol. The summed E-state index contributed by atoms with van der Waals surface area (Å²) in [5.74, 6) is 1.53. The van der Waals surface area contributed by atoms with Crippen LogP contribution in [0.4, 0.5) is 0 Å². The van der Waals surface area contributed by atoms with Crippen molar-refractivity contribution in [2.45, 2.75) is 12.6 Å². The number of methoxy groups -OCH3 is 1. The first-order valence-electron chi connectivity index (χ1n) is 9.02. The van der Waals surface area contributed by atoms with Crippen molar-refractivity contribution in [2.75, 3.05) is 26.7 Å². The second-order valence-corrected chi connectivity index (χ2v) is 7.02. The number of benzene rings is 2. The van der Waals surface area contributed by atoms with E-state index in [0.29, 0.717) is 10.9 Å². The average Bonchev–Trinajstić information content (AvgIpc) is 3.17. The number of halogens is 1. The number of hydrogen-bond donors (Lipinski definition) is 1. The van der Waals surface area contributed by atoms with Gasteiger partial charge in [0.15, 0.2) is 0 Å². The van der Waals surface area contributed by atoms with Gasteiger partial charge in [0.25, 0.3) is 0 Å². The van der Waals surface area contributed by atoms with Gasteiger partial charge in [0.05, 0.1) is 18.8 Å². The summed E-state index contributed by atoms with van der Waals surface area (Å²) in [6.45, 7) is 3.49. The maximum atomic E-state index is 5.96. The Hall–Kier alpha value is -2.34. The van der Waals surface area contributed by atoms with Crippen LogP contribution in [-0.4, -0.2) is 36.6 Å². The summed E-state index contributed by atoms with van der Waals surface area (Å²) in [5, 5.41) is 4.18. The lowest BCUT2D eigenvalue weighted by Gasteiger charge is -2.36. The lowest BCUT2D eigenvalue weighted by atomic mass is 10.0. The van der Waals surface area contributed by atoms with Gasteiger partial charge in [0, 0.05) is 42.3 Å². The molecule has 3 aromatic rings. The molecule has 1 aliphatic heterocycles. The molecule has 4 rings (SSSR count). The number of hydrogen-bond acceptors (Lipinski definition) is 5. The summed E-state index contributed by atoms with van der Waals surface area (Å²) < 4.78 is 11.3. The van der Waals surface area contributed by atoms with Crippen molar-refractivity contribution in [1.29, 1.82) is 0 Å². The molecule has 0 saturated carbocycles. The van der Waals surface area contributed by atoms with Crippen molar-refractivity contribution >= 4 is 11.6 Å². The summed E-state index contributed by atoms with van der Waals surface area (Å²) in [6.07, 6.45) is 1.74. The number of aromatic nitrogens is 1. The van der Waals surface area contributed by atoms with Gasteiger partial charge in [-0.3, -0.25) is 4.90 Å². The third kappa shape index (κ3) is 4.00. The fourth-order valence-corrected chi connectivity index (χ4v) is 3.62. The van der Waals surface area contributed by atoms with Gasteiger partial charge in [-0.1, -0.05) is 29.8 Å². The van der Waals surface area contributed by atoms with Crippen LogP contribution < -0.4 is 10.1 Å². The molecule has 1 unspecified atom stereocenters. The zero-order chi connectivity index (χ0) is 18.6. The Morgan fingerprint density at radius 3 is 2.85 bits per heavy atom. The van der Waals surface area contributed by atoms with Crippen molar-refractivity contribution in [3.05, 3.63) is 71.1 Å². The Morgan fingerprint density at radius 2 is 2.04 bits per heavy atom. The molecular formula is C21H22ClN3O2. The van der Waals surface area contributed by atoms with Crippen LogP contribution in [0.15, 0.2) is 59.2 Å². The number of piperazine rings is 1. The van der Waals surface area contributed by atoms with Crippen molar-refractivity contribution in [2.24, 2.45) is 0 Å². The topological polar surface area (TPSA) is 50.5 Å². The van der Waals surface area contributed by atoms with Crippen LogP contribution in [0.2, 0.25) is 5.02 Å². The molecule has 2 aromatic carbocycles. The second kappa shape index (κ2) is 8.13. The Labute approximate surface area is 163 Å². The van der Waals surface area contributed by atoms with E-state index in [1.54, 1.807) is 13.4 Å². The minimum Gasteiger partial charge on any atom is -0.496 e. The standard InChI is InChI=1S/C21H22ClN3O2/c1-26-20-5-3-2-4-18(20)19-12-23-10-11-25(19)13-17-14-27-21(24-17)15-6-8-16(22)9-7-15/h2-9,14,19,23H,10-13H2,1H3. The molecule has 5 nitrogen and oxygen atoms in total. The molecule has 1 N–H and O–H groups in total. The Bertz CT molecular complexity index is 894. The second-order valence-electron chi connectivity index (χ2n) is 6.58. The SMILES string of the molecule is COc1ccccc1C1CNCCN1Cc1coc(-c2ccc(Cl)cc2)n1. The summed E-state index contributed by atoms with van der Waals surface area (Å²) in [5.41, 5.74) is 3.03. The summed E-state index contributed by atoms with van der Waals surface area (Å²) in [4.78, 5) is 7.09. The first kappa shape index (κ1) is 18.0. The molecule has 0 amide bonds. The normalized spacial score (nSPS) is 17.8. The van der Waals surface area contributed by atoms with E-state index in [0.717, 1.165) is 43.2 Å². The highest BCUT2D eigenvalue weighted by Gasteiger charge is 2.27. The molecule has 6 heteroatoms. The molecule has 140 valence electrons. The largest absolute Gasteiger partial charge is 0.496 e. The van der Waals surface area contributed by atoms with Crippen LogP contribution in [0.1, 0.15) is 17.3 Å². The van der Waals surface area contributed by atoms with E-state index in [1.165, 1.54) is 5.56 Å². The minimum absolute atomic E-state index is 0.227. The molecule has 2 heterocycles. The third-order valence-electron chi connectivity index (χ3n) is 4.86. The fraction of sp³-hybridized carbons (Fsp3) is 0.286. The zero-order valence-electron chi connectivity index (χ0n) is 15.2. The number of ether oxygens (including phenoxy) is 1. The van der Waals surface area contributed by atoms with Gasteiger partial charge >= 0.3 is 0 Å². The van der Waals surface area contributed by atoms with Crippen LogP contribution in [0.3, 0.4) is 0 Å². The first-order valence-corrected chi connectivity index (χ1v) is 9.40. The van der Waals surface area contributed by atoms with Crippen LogP contribution in [0.5, 0.6) is 5.75 Å². The Morgan fingerprint density at radius 1 is 1.22 bits per heavy atom. The maximum absolute atomic E-state index is 5.96. The minimum atomic E-state index is 0.227. The summed E-state index contributed by atoms with van der Waals surface area (Å²) in [7, 11) is 1.72. The number of rotatable bonds is 5. The van der Waals surface area contributed by atoms with Crippen LogP contribution >= 0.6 is 11.6 Å². The van der Waals surface area contributed by atoms with Crippen LogP contribution in [-0.2, 0) is 6.54 Å². The fourth-order valence-electron chi connectivity index (χ4n) is 3.50. The smallest absolute Gasteiger partial charge is 0.226 e. The predicted octanol–water partition coefficient (Wildman–Crippen LogP) is 4.15. The zero-order valence-corrected chi connectivity index (χ0v) is 15.9. The molecule has 1 atom stereocenters. The van der Waals surface area contributed by atoms with Crippen LogP contribution in [0, 0.1) is 0 Å². The highest BCUT2D eigenvalue weighted by atomic mass is 35.5. The highest BCUT2D eigenvalue weighted by Crippen LogP contribution is 2.31. The van der Waals surface area contributed by atoms with Gasteiger partial charge in [-0.15, -0.1) is 0 Å². The van der Waals surface area contributed by atoms with Gasteiger partial charge in [0.2, 0.25) is 5.89 Å². The van der Waals surface area contributed by atoms with Gasteiger partial charge in [-0.05, 0) is 30.3 Å². The third-order valence-corrected chi connectivity index (χ3v) is 5.11. The molecule has 27 heavy (non-hydrogen) atoms. The molecule has 0 bridgehead atoms. The molecule has 1 aromatic heterocycles. The van der Waals surface area contributed by atoms with Crippen LogP contribution in [0.25, 0.3) is 11.5 Å². The number of oxazole rings is 1. The van der Waals surface area contributed by atoms with E-state index in [9.17, 15) is 0 Å². The lowest BCUT2D eigenvalue weighted by Crippen LogP contribution is -2.45. The van der Waals surface area contributed by atoms with E-state index in [4.69, 9.17) is 20.8 Å². The van der Waals surface area contributed by atoms with Crippen molar-refractivity contribution in [1.82, 2.24) is 15.2 Å². The summed E-state index contributed by atoms with van der Waals surface area (Å²) in [6, 6.07) is 15.9. The number of nitrogens with one attached hydrogen (secondary N) is 1. The van der Waals surface area contributed by atoms with Gasteiger partial charge in [0.1, 0.15) is 12.0 Å². The van der Waals surface area contributed by atoms with E-state index >= 15 is 0 Å². The molecular weight excluding hydrogens is 362 g/mol. The van der Waals surface area contributed by atoms with Gasteiger partial charge in [-0.2, -0.15) is 0 Å². The quantitative estimate of drug-likeness (QED) is 0.717. The van der Waals surface area contributed by atoms with E-state index in [2.05, 4.69) is 27.3 Å². The van der Waals surface area contributed by atoms with Crippen molar-refractivity contribution in [3.8, 4) is 17.2 Å². The molecule has 1 saturated heterocycles. The molecule has 1 aliphatic rings. The van der Waals surface area contributed by atoms with Crippen molar-refractivity contribution < 1.29 is 9.15 Å². The summed E-state index contributed by atoms with van der Waals surface area (Å²) >= 11 is 5.96. The Kier molecular flexibility index (Phi) is 5.43. The number of nitrogens with zero attached hydrogens (tertiary/aromatic N) is 2. The lowest BCUT2D eigenvalue weighted by molar-refractivity contribution is 0.149. The van der Waals surface area contributed by atoms with Gasteiger partial charge < -0.3 is 14.5 Å². The first-order chi connectivity index (χ1) is 13.2. The molecule has 1 fully saturated rings. The molecule has 0 spiro atoms. The number of para-hydroxylation sites is 1. The molecule has 0 radical (unpaired) electrons. The Balaban J connectivity index is 1.54. The van der Waals surface area contributed by atoms with E-state index < -0.39 is 0 Å². The maximum Gasteiger partial charge on any atom is 0.226 e. The predicted molar refractivity (Wildman–Crippen MR) is 106 cm³/mol.